The van der Waals surface area contributed by atoms with E-state index in [1.54, 1.807) is 26.8 Å². The van der Waals surface area contributed by atoms with Crippen molar-refractivity contribution in [1.82, 2.24) is 15.5 Å². The molecule has 0 bridgehead atoms. The van der Waals surface area contributed by atoms with E-state index in [2.05, 4.69) is 10.6 Å². The van der Waals surface area contributed by atoms with E-state index in [0.717, 1.165) is 11.1 Å². The van der Waals surface area contributed by atoms with E-state index in [-0.39, 0.29) is 49.2 Å². The van der Waals surface area contributed by atoms with Crippen LogP contribution in [0.5, 0.6) is 5.75 Å². The molecule has 216 valence electrons. The monoisotopic (exact) mass is 557 g/mol. The number of carbonyl (C=O) groups is 3. The molecular formula is C30H37F2N3O5. The summed E-state index contributed by atoms with van der Waals surface area (Å²) in [6, 6.07) is 12.9. The van der Waals surface area contributed by atoms with Crippen molar-refractivity contribution in [2.75, 3.05) is 26.7 Å². The molecule has 3 atom stereocenters. The number of nitrogens with one attached hydrogen (secondary N) is 2. The number of fused-ring (bicyclic) bond motifs is 1. The molecule has 10 heteroatoms. The molecule has 1 saturated heterocycles. The van der Waals surface area contributed by atoms with Crippen LogP contribution < -0.4 is 15.4 Å². The molecule has 2 aliphatic rings. The van der Waals surface area contributed by atoms with Crippen LogP contribution in [0.1, 0.15) is 78.3 Å². The Hall–Kier alpha value is -3.69. The third-order valence-electron chi connectivity index (χ3n) is 7.30. The molecular weight excluding hydrogens is 520 g/mol. The Bertz CT molecular complexity index is 1260. The summed E-state index contributed by atoms with van der Waals surface area (Å²) in [6.07, 6.45) is -1.38. The third kappa shape index (κ3) is 6.37. The van der Waals surface area contributed by atoms with E-state index in [1.807, 2.05) is 37.3 Å². The summed E-state index contributed by atoms with van der Waals surface area (Å²) in [5.74, 6) is -4.74. The number of rotatable bonds is 6. The van der Waals surface area contributed by atoms with Crippen LogP contribution >= 0.6 is 0 Å². The zero-order valence-corrected chi connectivity index (χ0v) is 23.6. The Morgan fingerprint density at radius 3 is 2.48 bits per heavy atom. The summed E-state index contributed by atoms with van der Waals surface area (Å²) >= 11 is 0. The molecule has 2 aromatic carbocycles. The second-order valence-corrected chi connectivity index (χ2v) is 11.4. The first kappa shape index (κ1) is 29.3. The number of halogens is 2. The molecule has 0 aromatic heterocycles. The highest BCUT2D eigenvalue weighted by molar-refractivity contribution is 6.02. The van der Waals surface area contributed by atoms with Crippen molar-refractivity contribution in [3.05, 3.63) is 64.7 Å². The van der Waals surface area contributed by atoms with Gasteiger partial charge in [0, 0.05) is 56.1 Å². The first-order chi connectivity index (χ1) is 18.8. The van der Waals surface area contributed by atoms with E-state index in [1.165, 1.54) is 18.0 Å². The topological polar surface area (TPSA) is 97.0 Å². The first-order valence-electron chi connectivity index (χ1n) is 13.6. The van der Waals surface area contributed by atoms with E-state index >= 15 is 0 Å². The summed E-state index contributed by atoms with van der Waals surface area (Å²) in [5, 5.41) is 5.32. The maximum absolute atomic E-state index is 14.7. The quantitative estimate of drug-likeness (QED) is 0.523. The number of hydrogen-bond donors (Lipinski definition) is 2. The Morgan fingerprint density at radius 2 is 1.82 bits per heavy atom. The highest BCUT2D eigenvalue weighted by atomic mass is 19.3. The van der Waals surface area contributed by atoms with Crippen LogP contribution in [0.3, 0.4) is 0 Å². The van der Waals surface area contributed by atoms with Gasteiger partial charge in [-0.05, 0) is 51.8 Å². The lowest BCUT2D eigenvalue weighted by molar-refractivity contribution is -0.107. The van der Waals surface area contributed by atoms with Gasteiger partial charge in [0.2, 0.25) is 0 Å². The van der Waals surface area contributed by atoms with Crippen molar-refractivity contribution in [1.29, 1.82) is 0 Å². The fraction of sp³-hybridized carbons (Fsp3) is 0.500. The molecule has 0 saturated carbocycles. The molecule has 0 spiro atoms. The minimum absolute atomic E-state index is 0.0251. The van der Waals surface area contributed by atoms with Gasteiger partial charge in [0.1, 0.15) is 17.5 Å². The fourth-order valence-electron chi connectivity index (χ4n) is 5.30. The number of piperidine rings is 1. The summed E-state index contributed by atoms with van der Waals surface area (Å²) < 4.78 is 40.9. The Kier molecular flexibility index (Phi) is 8.37. The smallest absolute Gasteiger partial charge is 0.410 e. The Balaban J connectivity index is 1.50. The molecule has 40 heavy (non-hydrogen) atoms. The normalized spacial score (nSPS) is 21.7. The lowest BCUT2D eigenvalue weighted by Gasteiger charge is -2.38. The minimum Gasteiger partial charge on any atom is -0.489 e. The number of ether oxygens (including phenoxy) is 2. The number of amides is 3. The van der Waals surface area contributed by atoms with Crippen LogP contribution in [-0.2, 0) is 4.74 Å². The minimum atomic E-state index is -2.97. The second kappa shape index (κ2) is 11.4. The van der Waals surface area contributed by atoms with Crippen molar-refractivity contribution in [2.24, 2.45) is 5.92 Å². The maximum Gasteiger partial charge on any atom is 0.410 e. The molecule has 2 aromatic rings. The number of carbonyl (C=O) groups excluding carboxylic acids is 3. The van der Waals surface area contributed by atoms with Crippen molar-refractivity contribution in [3.8, 4) is 5.75 Å². The molecule has 2 N–H and O–H groups in total. The molecule has 8 nitrogen and oxygen atoms in total. The van der Waals surface area contributed by atoms with Crippen molar-refractivity contribution in [3.63, 3.8) is 0 Å². The molecule has 4 rings (SSSR count). The Labute approximate surface area is 233 Å². The maximum atomic E-state index is 14.7. The van der Waals surface area contributed by atoms with E-state index in [4.69, 9.17) is 9.47 Å². The fourth-order valence-corrected chi connectivity index (χ4v) is 5.30. The highest BCUT2D eigenvalue weighted by Crippen LogP contribution is 2.45. The van der Waals surface area contributed by atoms with E-state index < -0.39 is 41.8 Å². The van der Waals surface area contributed by atoms with Crippen LogP contribution in [-0.4, -0.2) is 67.1 Å². The van der Waals surface area contributed by atoms with Gasteiger partial charge in [-0.2, -0.15) is 0 Å². The molecule has 2 aliphatic heterocycles. The van der Waals surface area contributed by atoms with E-state index in [0.29, 0.717) is 5.75 Å². The number of hydrogen-bond acceptors (Lipinski definition) is 5. The summed E-state index contributed by atoms with van der Waals surface area (Å²) in [5.41, 5.74) is 1.45. The summed E-state index contributed by atoms with van der Waals surface area (Å²) in [6.45, 7) is 6.80. The van der Waals surface area contributed by atoms with Crippen LogP contribution in [0.15, 0.2) is 42.5 Å². The van der Waals surface area contributed by atoms with Gasteiger partial charge in [0.05, 0.1) is 5.56 Å². The van der Waals surface area contributed by atoms with Gasteiger partial charge < -0.3 is 25.0 Å². The molecule has 0 aliphatic carbocycles. The SMILES string of the molecule is CNC(=O)c1cc(C(=O)NCCC2CN(C(=O)OC(C)(C)C)CCC2(F)F)cc2c1OC(C)C2c1ccccc1. The highest BCUT2D eigenvalue weighted by Gasteiger charge is 2.45. The standard InChI is InChI=1S/C30H37F2N3O5/c1-18-24(19-9-7-6-8-10-19)22-15-20(16-23(25(22)39-18)27(37)33-5)26(36)34-13-11-21-17-35(14-12-30(21,31)32)28(38)40-29(2,3)4/h6-10,15-16,18,21,24H,11-14,17H2,1-5H3,(H,33,37)(H,34,36). The second-order valence-electron chi connectivity index (χ2n) is 11.4. The number of likely N-dealkylation sites (tertiary alicyclic amines) is 1. The first-order valence-corrected chi connectivity index (χ1v) is 13.6. The van der Waals surface area contributed by atoms with Gasteiger partial charge in [0.15, 0.2) is 0 Å². The predicted molar refractivity (Wildman–Crippen MR) is 146 cm³/mol. The number of nitrogens with zero attached hydrogens (tertiary/aromatic N) is 1. The van der Waals surface area contributed by atoms with Gasteiger partial charge in [-0.3, -0.25) is 9.59 Å². The van der Waals surface area contributed by atoms with Crippen molar-refractivity contribution in [2.45, 2.75) is 64.1 Å². The molecule has 3 unspecified atom stereocenters. The third-order valence-corrected chi connectivity index (χ3v) is 7.30. The van der Waals surface area contributed by atoms with Crippen LogP contribution in [0, 0.1) is 5.92 Å². The summed E-state index contributed by atoms with van der Waals surface area (Å²) in [4.78, 5) is 39.7. The molecule has 0 radical (unpaired) electrons. The largest absolute Gasteiger partial charge is 0.489 e. The lowest BCUT2D eigenvalue weighted by atomic mass is 9.87. The van der Waals surface area contributed by atoms with Crippen LogP contribution in [0.2, 0.25) is 0 Å². The van der Waals surface area contributed by atoms with Gasteiger partial charge in [-0.1, -0.05) is 30.3 Å². The van der Waals surface area contributed by atoms with Crippen LogP contribution in [0.25, 0.3) is 0 Å². The predicted octanol–water partition coefficient (Wildman–Crippen LogP) is 4.97. The van der Waals surface area contributed by atoms with Crippen molar-refractivity contribution < 1.29 is 32.6 Å². The molecule has 2 heterocycles. The van der Waals surface area contributed by atoms with Gasteiger partial charge in [-0.25, -0.2) is 13.6 Å². The van der Waals surface area contributed by atoms with Gasteiger partial charge >= 0.3 is 6.09 Å². The van der Waals surface area contributed by atoms with Crippen molar-refractivity contribution >= 4 is 17.9 Å². The van der Waals surface area contributed by atoms with E-state index in [9.17, 15) is 23.2 Å². The zero-order chi connectivity index (χ0) is 29.2. The molecule has 1 fully saturated rings. The average Bonchev–Trinajstić information content (AvgIpc) is 3.23. The zero-order valence-electron chi connectivity index (χ0n) is 23.6. The number of alkyl halides is 2. The Morgan fingerprint density at radius 1 is 1.12 bits per heavy atom. The van der Waals surface area contributed by atoms with Gasteiger partial charge in [-0.15, -0.1) is 0 Å². The van der Waals surface area contributed by atoms with Gasteiger partial charge in [0.25, 0.3) is 17.7 Å². The number of benzene rings is 2. The van der Waals surface area contributed by atoms with Crippen LogP contribution in [0.4, 0.5) is 13.6 Å². The average molecular weight is 558 g/mol. The summed E-state index contributed by atoms with van der Waals surface area (Å²) in [7, 11) is 1.50. The molecule has 3 amide bonds. The lowest BCUT2D eigenvalue weighted by Crippen LogP contribution is -2.51.